The molecule has 0 amide bonds. The van der Waals surface area contributed by atoms with Crippen molar-refractivity contribution in [1.82, 2.24) is 9.36 Å². The van der Waals surface area contributed by atoms with E-state index in [1.54, 1.807) is 23.9 Å². The first kappa shape index (κ1) is 19.9. The highest BCUT2D eigenvalue weighted by Gasteiger charge is 2.19. The van der Waals surface area contributed by atoms with Crippen LogP contribution in [0.4, 0.5) is 10.1 Å². The summed E-state index contributed by atoms with van der Waals surface area (Å²) in [6, 6.07) is 11.1. The predicted molar refractivity (Wildman–Crippen MR) is 107 cm³/mol. The van der Waals surface area contributed by atoms with E-state index in [2.05, 4.69) is 4.72 Å². The first-order valence-electron chi connectivity index (χ1n) is 8.79. The largest absolute Gasteiger partial charge is 0.285 e. The topological polar surface area (TPSA) is 73.1 Å². The van der Waals surface area contributed by atoms with Crippen molar-refractivity contribution in [1.29, 1.82) is 0 Å². The average molecular weight is 403 g/mol. The van der Waals surface area contributed by atoms with Crippen molar-refractivity contribution in [2.45, 2.75) is 31.6 Å². The van der Waals surface area contributed by atoms with Gasteiger partial charge in [-0.3, -0.25) is 14.2 Å². The molecule has 6 nitrogen and oxygen atoms in total. The molecule has 0 radical (unpaired) electrons. The van der Waals surface area contributed by atoms with Crippen molar-refractivity contribution in [2.75, 3.05) is 4.72 Å². The maximum absolute atomic E-state index is 13.0. The Kier molecular flexibility index (Phi) is 5.16. The van der Waals surface area contributed by atoms with Crippen LogP contribution in [-0.2, 0) is 17.1 Å². The third-order valence-corrected chi connectivity index (χ3v) is 6.06. The minimum atomic E-state index is -3.83. The van der Waals surface area contributed by atoms with Crippen LogP contribution in [-0.4, -0.2) is 17.8 Å². The number of hydrogen-bond acceptors (Lipinski definition) is 3. The van der Waals surface area contributed by atoms with E-state index in [4.69, 9.17) is 0 Å². The fourth-order valence-electron chi connectivity index (χ4n) is 3.18. The molecule has 0 unspecified atom stereocenters. The molecule has 3 aromatic rings. The van der Waals surface area contributed by atoms with Gasteiger partial charge >= 0.3 is 0 Å². The summed E-state index contributed by atoms with van der Waals surface area (Å²) in [7, 11) is -2.03. The molecule has 0 saturated carbocycles. The summed E-state index contributed by atoms with van der Waals surface area (Å²) >= 11 is 0. The summed E-state index contributed by atoms with van der Waals surface area (Å²) in [6.07, 6.45) is 0. The Hall–Kier alpha value is -2.87. The second kappa shape index (κ2) is 7.27. The lowest BCUT2D eigenvalue weighted by Crippen LogP contribution is -2.21. The van der Waals surface area contributed by atoms with Gasteiger partial charge in [-0.1, -0.05) is 13.8 Å². The van der Waals surface area contributed by atoms with Crippen molar-refractivity contribution in [3.63, 3.8) is 0 Å². The van der Waals surface area contributed by atoms with Crippen LogP contribution in [0.15, 0.2) is 58.2 Å². The molecule has 28 heavy (non-hydrogen) atoms. The molecule has 3 rings (SSSR count). The van der Waals surface area contributed by atoms with Gasteiger partial charge in [0.05, 0.1) is 10.6 Å². The Bertz CT molecular complexity index is 1160. The van der Waals surface area contributed by atoms with Crippen LogP contribution >= 0.6 is 0 Å². The lowest BCUT2D eigenvalue weighted by molar-refractivity contribution is 0.600. The lowest BCUT2D eigenvalue weighted by Gasteiger charge is -2.11. The van der Waals surface area contributed by atoms with Crippen molar-refractivity contribution >= 4 is 15.7 Å². The summed E-state index contributed by atoms with van der Waals surface area (Å²) in [5.41, 5.74) is 2.33. The second-order valence-electron chi connectivity index (χ2n) is 6.90. The van der Waals surface area contributed by atoms with Crippen LogP contribution in [0.2, 0.25) is 0 Å². The first-order chi connectivity index (χ1) is 13.1. The molecule has 0 aliphatic rings. The molecule has 1 aromatic heterocycles. The SMILES string of the molecule is Cc1c(C(C)C)c(=O)n(-c2ccc(S(=O)(=O)Nc3ccc(F)cc3)cc2)n1C. The zero-order valence-corrected chi connectivity index (χ0v) is 16.9. The molecule has 0 bridgehead atoms. The number of nitrogens with one attached hydrogen (secondary N) is 1. The molecule has 0 atom stereocenters. The molecule has 0 fully saturated rings. The Labute approximate surface area is 163 Å². The summed E-state index contributed by atoms with van der Waals surface area (Å²) in [5.74, 6) is -0.365. The van der Waals surface area contributed by atoms with Gasteiger partial charge in [-0.2, -0.15) is 0 Å². The number of rotatable bonds is 5. The van der Waals surface area contributed by atoms with E-state index in [0.29, 0.717) is 5.69 Å². The van der Waals surface area contributed by atoms with Gasteiger partial charge in [-0.05, 0) is 61.4 Å². The highest BCUT2D eigenvalue weighted by molar-refractivity contribution is 7.92. The van der Waals surface area contributed by atoms with Crippen LogP contribution < -0.4 is 10.3 Å². The molecule has 0 aliphatic heterocycles. The van der Waals surface area contributed by atoms with Gasteiger partial charge in [-0.25, -0.2) is 17.5 Å². The summed E-state index contributed by atoms with van der Waals surface area (Å²) < 4.78 is 43.7. The van der Waals surface area contributed by atoms with Crippen LogP contribution in [0.5, 0.6) is 0 Å². The summed E-state index contributed by atoms with van der Waals surface area (Å²) in [4.78, 5) is 12.8. The van der Waals surface area contributed by atoms with Crippen molar-refractivity contribution in [3.05, 3.63) is 76.0 Å². The molecule has 8 heteroatoms. The van der Waals surface area contributed by atoms with Crippen molar-refractivity contribution < 1.29 is 12.8 Å². The predicted octanol–water partition coefficient (Wildman–Crippen LogP) is 3.55. The van der Waals surface area contributed by atoms with Gasteiger partial charge in [0.1, 0.15) is 5.82 Å². The van der Waals surface area contributed by atoms with E-state index in [9.17, 15) is 17.6 Å². The van der Waals surface area contributed by atoms with Crippen LogP contribution in [0.25, 0.3) is 5.69 Å². The highest BCUT2D eigenvalue weighted by Crippen LogP contribution is 2.20. The van der Waals surface area contributed by atoms with E-state index in [0.717, 1.165) is 11.3 Å². The maximum Gasteiger partial charge on any atom is 0.275 e. The standard InChI is InChI=1S/C20H22FN3O3S/c1-13(2)19-14(3)23(4)24(20(19)25)17-9-11-18(12-10-17)28(26,27)22-16-7-5-15(21)6-8-16/h5-13,22H,1-4H3. The summed E-state index contributed by atoms with van der Waals surface area (Å²) in [6.45, 7) is 5.81. The normalized spacial score (nSPS) is 11.8. The van der Waals surface area contributed by atoms with Crippen LogP contribution in [0, 0.1) is 12.7 Å². The number of aromatic nitrogens is 2. The zero-order valence-electron chi connectivity index (χ0n) is 16.1. The number of halogens is 1. The van der Waals surface area contributed by atoms with Crippen molar-refractivity contribution in [3.8, 4) is 5.69 Å². The van der Waals surface area contributed by atoms with E-state index < -0.39 is 15.8 Å². The monoisotopic (exact) mass is 403 g/mol. The van der Waals surface area contributed by atoms with Crippen LogP contribution in [0.3, 0.4) is 0 Å². The molecule has 1 N–H and O–H groups in total. The van der Waals surface area contributed by atoms with Crippen molar-refractivity contribution in [2.24, 2.45) is 7.05 Å². The van der Waals surface area contributed by atoms with E-state index in [1.165, 1.54) is 41.1 Å². The first-order valence-corrected chi connectivity index (χ1v) is 10.3. The molecule has 2 aromatic carbocycles. The highest BCUT2D eigenvalue weighted by atomic mass is 32.2. The molecule has 0 aliphatic carbocycles. The molecule has 0 spiro atoms. The third-order valence-electron chi connectivity index (χ3n) is 4.66. The van der Waals surface area contributed by atoms with E-state index in [1.807, 2.05) is 20.8 Å². The zero-order chi connectivity index (χ0) is 20.6. The Morgan fingerprint density at radius 2 is 1.57 bits per heavy atom. The smallest absolute Gasteiger partial charge is 0.275 e. The lowest BCUT2D eigenvalue weighted by atomic mass is 10.0. The minimum Gasteiger partial charge on any atom is -0.285 e. The Morgan fingerprint density at radius 3 is 2.07 bits per heavy atom. The fraction of sp³-hybridized carbons (Fsp3) is 0.250. The number of hydrogen-bond donors (Lipinski definition) is 1. The number of anilines is 1. The number of benzene rings is 2. The third kappa shape index (κ3) is 3.60. The molecule has 1 heterocycles. The molecular weight excluding hydrogens is 381 g/mol. The molecular formula is C20H22FN3O3S. The number of nitrogens with zero attached hydrogens (tertiary/aromatic N) is 2. The second-order valence-corrected chi connectivity index (χ2v) is 8.58. The quantitative estimate of drug-likeness (QED) is 0.708. The Morgan fingerprint density at radius 1 is 1.00 bits per heavy atom. The maximum atomic E-state index is 13.0. The molecule has 148 valence electrons. The fourth-order valence-corrected chi connectivity index (χ4v) is 4.24. The van der Waals surface area contributed by atoms with E-state index >= 15 is 0 Å². The van der Waals surface area contributed by atoms with E-state index in [-0.39, 0.29) is 22.1 Å². The molecule has 0 saturated heterocycles. The van der Waals surface area contributed by atoms with Gasteiger partial charge in [0.15, 0.2) is 0 Å². The Balaban J connectivity index is 1.95. The van der Waals surface area contributed by atoms with Gasteiger partial charge in [0.2, 0.25) is 0 Å². The van der Waals surface area contributed by atoms with Gasteiger partial charge in [0, 0.05) is 24.0 Å². The van der Waals surface area contributed by atoms with Gasteiger partial charge < -0.3 is 0 Å². The average Bonchev–Trinajstić information content (AvgIpc) is 2.86. The minimum absolute atomic E-state index is 0.0450. The number of sulfonamides is 1. The van der Waals surface area contributed by atoms with Crippen LogP contribution in [0.1, 0.15) is 31.0 Å². The van der Waals surface area contributed by atoms with Gasteiger partial charge in [0.25, 0.3) is 15.6 Å². The van der Waals surface area contributed by atoms with Gasteiger partial charge in [-0.15, -0.1) is 0 Å². The summed E-state index contributed by atoms with van der Waals surface area (Å²) in [5, 5.41) is 0.